The Morgan fingerprint density at radius 1 is 0.929 bits per heavy atom. The molecule has 1 N–H and O–H groups in total. The van der Waals surface area contributed by atoms with Gasteiger partial charge < -0.3 is 4.90 Å². The van der Waals surface area contributed by atoms with E-state index in [-0.39, 0.29) is 12.4 Å². The molecule has 1 unspecified atom stereocenters. The summed E-state index contributed by atoms with van der Waals surface area (Å²) in [5.41, 5.74) is 1.89. The average molecular weight is 418 g/mol. The Morgan fingerprint density at radius 2 is 1.61 bits per heavy atom. The van der Waals surface area contributed by atoms with Gasteiger partial charge in [-0.3, -0.25) is 0 Å². The van der Waals surface area contributed by atoms with E-state index in [1.54, 1.807) is 0 Å². The Bertz CT molecular complexity index is 833. The topological polar surface area (TPSA) is 57.7 Å². The third kappa shape index (κ3) is 4.22. The van der Waals surface area contributed by atoms with E-state index in [1.165, 1.54) is 37.9 Å². The Balaban J connectivity index is 0.00000225. The number of hydrogen-bond acceptors (Lipinski definition) is 4. The molecule has 2 aromatic carbocycles. The monoisotopic (exact) mass is 417 g/mol. The number of nitrogens with one attached hydrogen (secondary N) is 1. The molecule has 0 spiro atoms. The maximum atomic E-state index is 6.18. The minimum absolute atomic E-state index is 0. The highest BCUT2D eigenvalue weighted by atomic mass is 35.5. The SMILES string of the molecule is Cl.Clc1ccc(C(CCN2CCCCC2)(c2ccccc2)c2nnn[nH]2)cc1. The highest BCUT2D eigenvalue weighted by Gasteiger charge is 2.40. The van der Waals surface area contributed by atoms with Crippen molar-refractivity contribution in [1.29, 1.82) is 0 Å². The zero-order chi connectivity index (χ0) is 18.5. The normalized spacial score (nSPS) is 16.9. The van der Waals surface area contributed by atoms with Crippen LogP contribution in [0.25, 0.3) is 0 Å². The second kappa shape index (κ2) is 9.50. The molecule has 1 aliphatic rings. The molecular formula is C21H25Cl2N5. The Morgan fingerprint density at radius 3 is 2.25 bits per heavy atom. The van der Waals surface area contributed by atoms with Gasteiger partial charge in [-0.25, -0.2) is 5.10 Å². The van der Waals surface area contributed by atoms with Crippen molar-refractivity contribution in [2.24, 2.45) is 0 Å². The Hall–Kier alpha value is -1.95. The van der Waals surface area contributed by atoms with Crippen molar-refractivity contribution in [3.63, 3.8) is 0 Å². The summed E-state index contributed by atoms with van der Waals surface area (Å²) in [4.78, 5) is 2.56. The van der Waals surface area contributed by atoms with Crippen LogP contribution in [-0.4, -0.2) is 45.2 Å². The fraction of sp³-hybridized carbons (Fsp3) is 0.381. The van der Waals surface area contributed by atoms with Gasteiger partial charge in [-0.1, -0.05) is 60.5 Å². The number of tetrazole rings is 1. The van der Waals surface area contributed by atoms with Crippen molar-refractivity contribution in [2.75, 3.05) is 19.6 Å². The van der Waals surface area contributed by atoms with Crippen molar-refractivity contribution in [3.8, 4) is 0 Å². The number of benzene rings is 2. The molecule has 0 aliphatic carbocycles. The average Bonchev–Trinajstić information content (AvgIpc) is 3.26. The zero-order valence-corrected chi connectivity index (χ0v) is 17.3. The summed E-state index contributed by atoms with van der Waals surface area (Å²) in [6, 6.07) is 18.6. The van der Waals surface area contributed by atoms with Gasteiger partial charge in [0.1, 0.15) is 0 Å². The number of piperidine rings is 1. The minimum Gasteiger partial charge on any atom is -0.303 e. The summed E-state index contributed by atoms with van der Waals surface area (Å²) in [6.45, 7) is 3.33. The predicted molar refractivity (Wildman–Crippen MR) is 114 cm³/mol. The van der Waals surface area contributed by atoms with Crippen molar-refractivity contribution in [3.05, 3.63) is 76.6 Å². The molecule has 0 saturated carbocycles. The van der Waals surface area contributed by atoms with Gasteiger partial charge in [-0.05, 0) is 72.6 Å². The lowest BCUT2D eigenvalue weighted by atomic mass is 9.71. The van der Waals surface area contributed by atoms with Crippen LogP contribution in [0.2, 0.25) is 5.02 Å². The first-order chi connectivity index (χ1) is 13.3. The van der Waals surface area contributed by atoms with E-state index in [0.717, 1.165) is 29.4 Å². The quantitative estimate of drug-likeness (QED) is 0.641. The summed E-state index contributed by atoms with van der Waals surface area (Å²) in [6.07, 6.45) is 4.80. The van der Waals surface area contributed by atoms with E-state index < -0.39 is 5.41 Å². The number of rotatable bonds is 6. The molecule has 7 heteroatoms. The smallest absolute Gasteiger partial charge is 0.163 e. The molecule has 0 bridgehead atoms. The van der Waals surface area contributed by atoms with Gasteiger partial charge >= 0.3 is 0 Å². The third-order valence-corrected chi connectivity index (χ3v) is 5.86. The van der Waals surface area contributed by atoms with Crippen LogP contribution in [0.15, 0.2) is 54.6 Å². The number of aromatic amines is 1. The largest absolute Gasteiger partial charge is 0.303 e. The summed E-state index contributed by atoms with van der Waals surface area (Å²) in [5.74, 6) is 0.771. The Labute approximate surface area is 176 Å². The third-order valence-electron chi connectivity index (χ3n) is 5.60. The maximum Gasteiger partial charge on any atom is 0.163 e. The van der Waals surface area contributed by atoms with E-state index >= 15 is 0 Å². The van der Waals surface area contributed by atoms with Gasteiger partial charge in [-0.2, -0.15) is 0 Å². The predicted octanol–water partition coefficient (Wildman–Crippen LogP) is 4.49. The first-order valence-electron chi connectivity index (χ1n) is 9.57. The van der Waals surface area contributed by atoms with Crippen LogP contribution in [0.5, 0.6) is 0 Å². The van der Waals surface area contributed by atoms with E-state index in [1.807, 2.05) is 18.2 Å². The van der Waals surface area contributed by atoms with Crippen molar-refractivity contribution in [1.82, 2.24) is 25.5 Å². The lowest BCUT2D eigenvalue weighted by Gasteiger charge is -2.36. The number of H-pyrrole nitrogens is 1. The molecule has 2 heterocycles. The lowest BCUT2D eigenvalue weighted by molar-refractivity contribution is 0.215. The first-order valence-corrected chi connectivity index (χ1v) is 9.95. The molecule has 28 heavy (non-hydrogen) atoms. The summed E-state index contributed by atoms with van der Waals surface area (Å²) in [5, 5.41) is 15.9. The number of halogens is 2. The summed E-state index contributed by atoms with van der Waals surface area (Å²) in [7, 11) is 0. The number of nitrogens with zero attached hydrogens (tertiary/aromatic N) is 4. The van der Waals surface area contributed by atoms with Crippen LogP contribution in [0, 0.1) is 0 Å². The van der Waals surface area contributed by atoms with Crippen LogP contribution >= 0.6 is 24.0 Å². The van der Waals surface area contributed by atoms with E-state index in [4.69, 9.17) is 11.6 Å². The summed E-state index contributed by atoms with van der Waals surface area (Å²) >= 11 is 6.18. The molecule has 3 aromatic rings. The first kappa shape index (κ1) is 20.8. The van der Waals surface area contributed by atoms with Gasteiger partial charge in [0.15, 0.2) is 5.82 Å². The lowest BCUT2D eigenvalue weighted by Crippen LogP contribution is -2.38. The van der Waals surface area contributed by atoms with Crippen LogP contribution in [-0.2, 0) is 5.41 Å². The van der Waals surface area contributed by atoms with Gasteiger partial charge in [0, 0.05) is 5.02 Å². The number of hydrogen-bond donors (Lipinski definition) is 1. The van der Waals surface area contributed by atoms with Crippen molar-refractivity contribution in [2.45, 2.75) is 31.1 Å². The molecule has 4 rings (SSSR count). The molecule has 1 atom stereocenters. The van der Waals surface area contributed by atoms with Gasteiger partial charge in [-0.15, -0.1) is 17.5 Å². The molecule has 0 amide bonds. The molecule has 148 valence electrons. The fourth-order valence-electron chi connectivity index (χ4n) is 4.15. The van der Waals surface area contributed by atoms with Gasteiger partial charge in [0.05, 0.1) is 5.41 Å². The fourth-order valence-corrected chi connectivity index (χ4v) is 4.28. The summed E-state index contributed by atoms with van der Waals surface area (Å²) < 4.78 is 0. The highest BCUT2D eigenvalue weighted by Crippen LogP contribution is 2.40. The van der Waals surface area contributed by atoms with Crippen molar-refractivity contribution < 1.29 is 0 Å². The van der Waals surface area contributed by atoms with E-state index in [0.29, 0.717) is 0 Å². The number of likely N-dealkylation sites (tertiary alicyclic amines) is 1. The minimum atomic E-state index is -0.438. The van der Waals surface area contributed by atoms with Crippen LogP contribution in [0.3, 0.4) is 0 Å². The van der Waals surface area contributed by atoms with E-state index in [9.17, 15) is 0 Å². The van der Waals surface area contributed by atoms with Crippen molar-refractivity contribution >= 4 is 24.0 Å². The zero-order valence-electron chi connectivity index (χ0n) is 15.7. The molecule has 1 aromatic heterocycles. The Kier molecular flexibility index (Phi) is 7.05. The molecular weight excluding hydrogens is 393 g/mol. The molecule has 5 nitrogen and oxygen atoms in total. The second-order valence-corrected chi connectivity index (χ2v) is 7.62. The number of aromatic nitrogens is 4. The second-order valence-electron chi connectivity index (χ2n) is 7.18. The van der Waals surface area contributed by atoms with Gasteiger partial charge in [0.25, 0.3) is 0 Å². The van der Waals surface area contributed by atoms with Crippen LogP contribution in [0.4, 0.5) is 0 Å². The standard InChI is InChI=1S/C21H24ClN5.ClH/c22-19-11-9-18(10-12-19)21(20-23-25-26-24-20,17-7-3-1-4-8-17)13-16-27-14-5-2-6-15-27;/h1,3-4,7-12H,2,5-6,13-16H2,(H,23,24,25,26);1H. The van der Waals surface area contributed by atoms with Crippen LogP contribution in [0.1, 0.15) is 42.6 Å². The maximum absolute atomic E-state index is 6.18. The van der Waals surface area contributed by atoms with E-state index in [2.05, 4.69) is 61.9 Å². The van der Waals surface area contributed by atoms with Gasteiger partial charge in [0.2, 0.25) is 0 Å². The molecule has 0 radical (unpaired) electrons. The molecule has 1 aliphatic heterocycles. The molecule has 1 saturated heterocycles. The highest BCUT2D eigenvalue weighted by molar-refractivity contribution is 6.30. The molecule has 1 fully saturated rings. The van der Waals surface area contributed by atoms with Crippen LogP contribution < -0.4 is 0 Å².